The molecule has 20 heavy (non-hydrogen) atoms. The first kappa shape index (κ1) is 15.4. The van der Waals surface area contributed by atoms with Crippen LogP contribution in [0.15, 0.2) is 5.38 Å². The molecule has 0 aromatic carbocycles. The predicted molar refractivity (Wildman–Crippen MR) is 81.0 cm³/mol. The van der Waals surface area contributed by atoms with Crippen LogP contribution in [0.5, 0.6) is 0 Å². The van der Waals surface area contributed by atoms with Crippen molar-refractivity contribution in [3.05, 3.63) is 16.1 Å². The zero-order valence-corrected chi connectivity index (χ0v) is 13.3. The summed E-state index contributed by atoms with van der Waals surface area (Å²) in [6.45, 7) is 7.32. The van der Waals surface area contributed by atoms with E-state index < -0.39 is 5.97 Å². The van der Waals surface area contributed by atoms with Gasteiger partial charge in [-0.25, -0.2) is 4.98 Å². The number of hydrogen-bond acceptors (Lipinski definition) is 4. The first-order chi connectivity index (χ1) is 9.36. The Morgan fingerprint density at radius 3 is 2.55 bits per heavy atom. The molecule has 1 aliphatic rings. The van der Waals surface area contributed by atoms with Gasteiger partial charge in [-0.1, -0.05) is 20.8 Å². The predicted octanol–water partition coefficient (Wildman–Crippen LogP) is 3.17. The lowest BCUT2D eigenvalue weighted by Crippen LogP contribution is -2.34. The minimum absolute atomic E-state index is 0.114. The molecule has 0 bridgehead atoms. The summed E-state index contributed by atoms with van der Waals surface area (Å²) in [5.74, 6) is -0.780. The van der Waals surface area contributed by atoms with Gasteiger partial charge in [-0.3, -0.25) is 4.79 Å². The van der Waals surface area contributed by atoms with Crippen molar-refractivity contribution in [1.29, 1.82) is 0 Å². The van der Waals surface area contributed by atoms with E-state index >= 15 is 0 Å². The molecule has 1 aromatic rings. The number of aliphatic carboxylic acids is 1. The number of thiazole rings is 1. The number of aromatic nitrogens is 1. The highest BCUT2D eigenvalue weighted by Gasteiger charge is 2.25. The van der Waals surface area contributed by atoms with E-state index in [2.05, 4.69) is 36.5 Å². The van der Waals surface area contributed by atoms with Gasteiger partial charge < -0.3 is 10.4 Å². The number of nitrogens with one attached hydrogen (secondary N) is 1. The van der Waals surface area contributed by atoms with Crippen LogP contribution in [-0.2, 0) is 16.8 Å². The van der Waals surface area contributed by atoms with Gasteiger partial charge in [-0.05, 0) is 25.7 Å². The Bertz CT molecular complexity index is 457. The van der Waals surface area contributed by atoms with Gasteiger partial charge >= 0.3 is 5.97 Å². The molecule has 2 rings (SSSR count). The van der Waals surface area contributed by atoms with Crippen LogP contribution < -0.4 is 5.32 Å². The van der Waals surface area contributed by atoms with Crippen LogP contribution in [0.25, 0.3) is 0 Å². The van der Waals surface area contributed by atoms with Crippen LogP contribution in [0.2, 0.25) is 0 Å². The molecule has 0 aliphatic heterocycles. The second kappa shape index (κ2) is 6.22. The summed E-state index contributed by atoms with van der Waals surface area (Å²) in [7, 11) is 0. The Balaban J connectivity index is 1.79. The van der Waals surface area contributed by atoms with Crippen molar-refractivity contribution in [1.82, 2.24) is 10.3 Å². The van der Waals surface area contributed by atoms with Gasteiger partial charge in [-0.15, -0.1) is 11.3 Å². The average Bonchev–Trinajstić information content (AvgIpc) is 2.85. The van der Waals surface area contributed by atoms with Gasteiger partial charge in [0.2, 0.25) is 0 Å². The van der Waals surface area contributed by atoms with E-state index in [4.69, 9.17) is 5.11 Å². The SMILES string of the molecule is CC(C)(C)c1nc(CNC2CCC(C(=O)O)CC2)cs1. The molecule has 4 nitrogen and oxygen atoms in total. The Morgan fingerprint density at radius 1 is 1.40 bits per heavy atom. The number of carbonyl (C=O) groups is 1. The molecule has 0 unspecified atom stereocenters. The Hall–Kier alpha value is -0.940. The van der Waals surface area contributed by atoms with Crippen molar-refractivity contribution < 1.29 is 9.90 Å². The van der Waals surface area contributed by atoms with E-state index in [0.717, 1.165) is 37.9 Å². The minimum atomic E-state index is -0.641. The van der Waals surface area contributed by atoms with Gasteiger partial charge in [-0.2, -0.15) is 0 Å². The fourth-order valence-corrected chi connectivity index (χ4v) is 3.43. The average molecular weight is 296 g/mol. The third kappa shape index (κ3) is 4.03. The van der Waals surface area contributed by atoms with Crippen LogP contribution in [0.1, 0.15) is 57.2 Å². The van der Waals surface area contributed by atoms with Gasteiger partial charge in [0.25, 0.3) is 0 Å². The summed E-state index contributed by atoms with van der Waals surface area (Å²) in [4.78, 5) is 15.6. The van der Waals surface area contributed by atoms with Crippen molar-refractivity contribution >= 4 is 17.3 Å². The third-order valence-corrected chi connectivity index (χ3v) is 5.16. The fraction of sp³-hybridized carbons (Fsp3) is 0.733. The number of carboxylic acids is 1. The Morgan fingerprint density at radius 2 is 2.05 bits per heavy atom. The molecule has 0 saturated heterocycles. The lowest BCUT2D eigenvalue weighted by Gasteiger charge is -2.26. The van der Waals surface area contributed by atoms with E-state index in [1.807, 2.05) is 0 Å². The number of carboxylic acid groups (broad SMARTS) is 1. The first-order valence-electron chi connectivity index (χ1n) is 7.27. The van der Waals surface area contributed by atoms with Crippen molar-refractivity contribution in [3.63, 3.8) is 0 Å². The summed E-state index contributed by atoms with van der Waals surface area (Å²) in [6, 6.07) is 0.436. The first-order valence-corrected chi connectivity index (χ1v) is 8.15. The summed E-state index contributed by atoms with van der Waals surface area (Å²) in [5, 5.41) is 15.8. The maximum atomic E-state index is 10.9. The largest absolute Gasteiger partial charge is 0.481 e. The topological polar surface area (TPSA) is 62.2 Å². The molecule has 2 N–H and O–H groups in total. The van der Waals surface area contributed by atoms with E-state index in [9.17, 15) is 4.79 Å². The quantitative estimate of drug-likeness (QED) is 0.896. The standard InChI is InChI=1S/C15H24N2O2S/c1-15(2,3)14-17-12(9-20-14)8-16-11-6-4-10(5-7-11)13(18)19/h9-11,16H,4-8H2,1-3H3,(H,18,19). The molecule has 1 heterocycles. The molecule has 112 valence electrons. The molecule has 0 atom stereocenters. The highest BCUT2D eigenvalue weighted by Crippen LogP contribution is 2.27. The molecule has 0 amide bonds. The van der Waals surface area contributed by atoms with Gasteiger partial charge in [0, 0.05) is 23.4 Å². The number of hydrogen-bond donors (Lipinski definition) is 2. The van der Waals surface area contributed by atoms with Crippen molar-refractivity contribution in [3.8, 4) is 0 Å². The molecule has 5 heteroatoms. The van der Waals surface area contributed by atoms with Crippen LogP contribution in [-0.4, -0.2) is 22.1 Å². The molecule has 0 spiro atoms. The molecular weight excluding hydrogens is 272 g/mol. The fourth-order valence-electron chi connectivity index (χ4n) is 2.53. The normalized spacial score (nSPS) is 23.8. The van der Waals surface area contributed by atoms with Crippen LogP contribution in [0.3, 0.4) is 0 Å². The number of rotatable bonds is 4. The maximum absolute atomic E-state index is 10.9. The highest BCUT2D eigenvalue weighted by molar-refractivity contribution is 7.09. The lowest BCUT2D eigenvalue weighted by molar-refractivity contribution is -0.142. The Kier molecular flexibility index (Phi) is 4.81. The van der Waals surface area contributed by atoms with E-state index in [-0.39, 0.29) is 11.3 Å². The molecule has 1 aromatic heterocycles. The highest BCUT2D eigenvalue weighted by atomic mass is 32.1. The van der Waals surface area contributed by atoms with Gasteiger partial charge in [0.1, 0.15) is 0 Å². The minimum Gasteiger partial charge on any atom is -0.481 e. The van der Waals surface area contributed by atoms with Crippen LogP contribution >= 0.6 is 11.3 Å². The summed E-state index contributed by atoms with van der Waals surface area (Å²) >= 11 is 1.72. The lowest BCUT2D eigenvalue weighted by atomic mass is 9.86. The van der Waals surface area contributed by atoms with Crippen molar-refractivity contribution in [2.24, 2.45) is 5.92 Å². The summed E-state index contributed by atoms with van der Waals surface area (Å²) in [6.07, 6.45) is 3.48. The zero-order valence-electron chi connectivity index (χ0n) is 12.5. The molecule has 0 radical (unpaired) electrons. The van der Waals surface area contributed by atoms with E-state index in [1.165, 1.54) is 5.01 Å². The summed E-state index contributed by atoms with van der Waals surface area (Å²) in [5.41, 5.74) is 1.21. The van der Waals surface area contributed by atoms with E-state index in [1.54, 1.807) is 11.3 Å². The van der Waals surface area contributed by atoms with Gasteiger partial charge in [0.05, 0.1) is 16.6 Å². The maximum Gasteiger partial charge on any atom is 0.306 e. The van der Waals surface area contributed by atoms with Crippen LogP contribution in [0, 0.1) is 5.92 Å². The molecule has 1 fully saturated rings. The monoisotopic (exact) mass is 296 g/mol. The third-order valence-electron chi connectivity index (χ3n) is 3.84. The molecular formula is C15H24N2O2S. The van der Waals surface area contributed by atoms with Crippen molar-refractivity contribution in [2.75, 3.05) is 0 Å². The summed E-state index contributed by atoms with van der Waals surface area (Å²) < 4.78 is 0. The smallest absolute Gasteiger partial charge is 0.306 e. The second-order valence-corrected chi connectivity index (χ2v) is 7.52. The van der Waals surface area contributed by atoms with Crippen molar-refractivity contribution in [2.45, 2.75) is 64.5 Å². The van der Waals surface area contributed by atoms with Crippen LogP contribution in [0.4, 0.5) is 0 Å². The second-order valence-electron chi connectivity index (χ2n) is 6.66. The zero-order chi connectivity index (χ0) is 14.8. The molecule has 1 saturated carbocycles. The van der Waals surface area contributed by atoms with Gasteiger partial charge in [0.15, 0.2) is 0 Å². The molecule has 1 aliphatic carbocycles. The van der Waals surface area contributed by atoms with E-state index in [0.29, 0.717) is 6.04 Å². The Labute approximate surface area is 124 Å². The number of nitrogens with zero attached hydrogens (tertiary/aromatic N) is 1.